The van der Waals surface area contributed by atoms with E-state index >= 15 is 0 Å². The van der Waals surface area contributed by atoms with Gasteiger partial charge in [-0.2, -0.15) is 0 Å². The average molecular weight is 372 g/mol. The summed E-state index contributed by atoms with van der Waals surface area (Å²) in [5, 5.41) is 2.34. The van der Waals surface area contributed by atoms with E-state index in [9.17, 15) is 9.59 Å². The molecule has 0 atom stereocenters. The molecule has 3 rings (SSSR count). The van der Waals surface area contributed by atoms with Crippen LogP contribution in [0.5, 0.6) is 0 Å². The maximum absolute atomic E-state index is 12.0. The molecule has 0 unspecified atom stereocenters. The van der Waals surface area contributed by atoms with Crippen LogP contribution in [0.25, 0.3) is 0 Å². The van der Waals surface area contributed by atoms with Gasteiger partial charge in [-0.15, -0.1) is 0 Å². The minimum atomic E-state index is -4.17. The summed E-state index contributed by atoms with van der Waals surface area (Å²) in [7, 11) is -1.92. The normalized spacial score (nSPS) is 21.7. The molecule has 0 saturated heterocycles. The van der Waals surface area contributed by atoms with Crippen LogP contribution in [0.1, 0.15) is 12.8 Å². The Morgan fingerprint density at radius 1 is 1.00 bits per heavy atom. The maximum atomic E-state index is 12.0. The van der Waals surface area contributed by atoms with E-state index in [2.05, 4.69) is 25.2 Å². The van der Waals surface area contributed by atoms with Gasteiger partial charge in [0.2, 0.25) is 0 Å². The van der Waals surface area contributed by atoms with Gasteiger partial charge in [0.25, 0.3) is 0 Å². The summed E-state index contributed by atoms with van der Waals surface area (Å²) >= 11 is -4.17. The molecular weight excluding hydrogens is 356 g/mol. The van der Waals surface area contributed by atoms with Crippen molar-refractivity contribution in [3.05, 3.63) is 42.5 Å². The molecule has 1 heterocycles. The van der Waals surface area contributed by atoms with Crippen molar-refractivity contribution in [1.29, 1.82) is 0 Å². The summed E-state index contributed by atoms with van der Waals surface area (Å²) in [6.07, 6.45) is 19.8. The van der Waals surface area contributed by atoms with Crippen molar-refractivity contribution in [3.8, 4) is 24.7 Å². The van der Waals surface area contributed by atoms with Crippen LogP contribution in [0.15, 0.2) is 42.5 Å². The van der Waals surface area contributed by atoms with Gasteiger partial charge in [-0.05, 0) is 0 Å². The van der Waals surface area contributed by atoms with Crippen LogP contribution in [-0.4, -0.2) is 20.0 Å². The quantitative estimate of drug-likeness (QED) is 0.552. The molecule has 0 bridgehead atoms. The summed E-state index contributed by atoms with van der Waals surface area (Å²) in [5.41, 5.74) is 0. The Hall–Kier alpha value is -2.05. The van der Waals surface area contributed by atoms with Crippen LogP contribution in [0.3, 0.4) is 0 Å². The van der Waals surface area contributed by atoms with E-state index in [1.807, 2.05) is 24.0 Å². The third-order valence-electron chi connectivity index (χ3n) is 4.71. The van der Waals surface area contributed by atoms with Crippen LogP contribution >= 0.6 is 0 Å². The van der Waals surface area contributed by atoms with Gasteiger partial charge in [0, 0.05) is 0 Å². The number of hydrogen-bond donors (Lipinski definition) is 0. The molecule has 0 aromatic carbocycles. The van der Waals surface area contributed by atoms with Crippen molar-refractivity contribution >= 4 is 20.0 Å². The molecule has 0 aromatic rings. The SMILES string of the molecule is C#CC(=O)[O][Ti]1([O]C(=O)C#C)[C]2=C(C=CC2)[Si](C)(C)C2=[C]1CC=C2. The summed E-state index contributed by atoms with van der Waals surface area (Å²) < 4.78 is 13.3. The van der Waals surface area contributed by atoms with E-state index in [4.69, 9.17) is 19.5 Å². The standard InChI is InChI=1S/C12H14Si.2C3H2O2.Ti/c1-13(2,11-7-3-4-8-11)12-9-5-6-10-12;2*1-2-3(4)5;/h3,5,7,9H,4,6H2,1-2H3;2*1H,(H,4,5);/q;;;+2/p-2. The third kappa shape index (κ3) is 2.29. The number of rotatable bonds is 2. The molecule has 6 heteroatoms. The first-order valence-corrected chi connectivity index (χ1v) is 13.4. The molecule has 3 aliphatic rings. The van der Waals surface area contributed by atoms with E-state index in [1.165, 1.54) is 10.4 Å². The molecule has 4 nitrogen and oxygen atoms in total. The number of carbonyl (C=O) groups is 2. The third-order valence-corrected chi connectivity index (χ3v) is 14.6. The summed E-state index contributed by atoms with van der Waals surface area (Å²) in [5.74, 6) is 2.34. The van der Waals surface area contributed by atoms with E-state index in [-0.39, 0.29) is 0 Å². The zero-order valence-corrected chi connectivity index (χ0v) is 16.1. The van der Waals surface area contributed by atoms with Crippen LogP contribution < -0.4 is 0 Å². The first-order chi connectivity index (χ1) is 11.4. The van der Waals surface area contributed by atoms with Gasteiger partial charge in [0.05, 0.1) is 0 Å². The molecule has 0 N–H and O–H groups in total. The zero-order chi connectivity index (χ0) is 17.5. The number of allylic oxidation sites excluding steroid dienone is 8. The van der Waals surface area contributed by atoms with Crippen LogP contribution in [-0.2, 0) is 33.6 Å². The second kappa shape index (κ2) is 5.79. The fraction of sp³-hybridized carbons (Fsp3) is 0.222. The van der Waals surface area contributed by atoms with E-state index in [0.29, 0.717) is 12.8 Å². The summed E-state index contributed by atoms with van der Waals surface area (Å²) in [4.78, 5) is 23.9. The number of carbonyl (C=O) groups excluding carboxylic acids is 2. The average Bonchev–Trinajstić information content (AvgIpc) is 3.22. The molecule has 120 valence electrons. The molecule has 0 spiro atoms. The van der Waals surface area contributed by atoms with Gasteiger partial charge in [-0.25, -0.2) is 0 Å². The summed E-state index contributed by atoms with van der Waals surface area (Å²) in [6.45, 7) is 4.50. The molecule has 1 aliphatic heterocycles. The fourth-order valence-corrected chi connectivity index (χ4v) is 16.1. The molecule has 0 amide bonds. The number of terminal acetylenes is 2. The zero-order valence-electron chi connectivity index (χ0n) is 13.5. The Labute approximate surface area is 146 Å². The van der Waals surface area contributed by atoms with E-state index in [1.54, 1.807) is 0 Å². The number of hydrogen-bond acceptors (Lipinski definition) is 4. The molecular formula is C18H16O4SiTi. The van der Waals surface area contributed by atoms with Crippen LogP contribution in [0, 0.1) is 24.7 Å². The topological polar surface area (TPSA) is 52.6 Å². The predicted molar refractivity (Wildman–Crippen MR) is 88.9 cm³/mol. The van der Waals surface area contributed by atoms with Crippen molar-refractivity contribution in [2.45, 2.75) is 25.9 Å². The second-order valence-corrected chi connectivity index (χ2v) is 15.1. The Morgan fingerprint density at radius 2 is 1.42 bits per heavy atom. The molecule has 0 aromatic heterocycles. The molecule has 2 aliphatic carbocycles. The Balaban J connectivity index is 2.25. The molecule has 0 saturated carbocycles. The van der Waals surface area contributed by atoms with Gasteiger partial charge in [-0.3, -0.25) is 0 Å². The monoisotopic (exact) mass is 372 g/mol. The Bertz CT molecular complexity index is 788. The van der Waals surface area contributed by atoms with Gasteiger partial charge >= 0.3 is 147 Å². The van der Waals surface area contributed by atoms with Crippen molar-refractivity contribution in [3.63, 3.8) is 0 Å². The van der Waals surface area contributed by atoms with Crippen molar-refractivity contribution in [1.82, 2.24) is 0 Å². The second-order valence-electron chi connectivity index (χ2n) is 6.31. The Morgan fingerprint density at radius 3 is 1.79 bits per heavy atom. The molecule has 0 fully saturated rings. The molecule has 0 radical (unpaired) electrons. The Kier molecular flexibility index (Phi) is 4.05. The van der Waals surface area contributed by atoms with E-state index in [0.717, 1.165) is 7.76 Å². The van der Waals surface area contributed by atoms with Gasteiger partial charge in [0.1, 0.15) is 0 Å². The fourth-order valence-electron chi connectivity index (χ4n) is 3.72. The van der Waals surface area contributed by atoms with Crippen LogP contribution in [0.4, 0.5) is 0 Å². The molecule has 24 heavy (non-hydrogen) atoms. The summed E-state index contributed by atoms with van der Waals surface area (Å²) in [6, 6.07) is 0. The van der Waals surface area contributed by atoms with Crippen LogP contribution in [0.2, 0.25) is 13.1 Å². The first-order valence-electron chi connectivity index (χ1n) is 7.57. The van der Waals surface area contributed by atoms with Crippen molar-refractivity contribution in [2.75, 3.05) is 0 Å². The minimum absolute atomic E-state index is 0.609. The van der Waals surface area contributed by atoms with Gasteiger partial charge in [-0.1, -0.05) is 0 Å². The van der Waals surface area contributed by atoms with Crippen molar-refractivity contribution in [2.24, 2.45) is 0 Å². The van der Waals surface area contributed by atoms with E-state index < -0.39 is 37.4 Å². The van der Waals surface area contributed by atoms with Gasteiger partial charge in [0.15, 0.2) is 0 Å². The van der Waals surface area contributed by atoms with Crippen molar-refractivity contribution < 1.29 is 33.6 Å². The predicted octanol–water partition coefficient (Wildman–Crippen LogP) is 2.55. The van der Waals surface area contributed by atoms with Gasteiger partial charge < -0.3 is 0 Å². The first kappa shape index (κ1) is 16.8.